The van der Waals surface area contributed by atoms with Crippen LogP contribution in [-0.2, 0) is 9.59 Å². The van der Waals surface area contributed by atoms with E-state index >= 15 is 0 Å². The van der Waals surface area contributed by atoms with E-state index in [0.717, 1.165) is 6.42 Å². The summed E-state index contributed by atoms with van der Waals surface area (Å²) in [5, 5.41) is 0. The van der Waals surface area contributed by atoms with Crippen LogP contribution in [0.1, 0.15) is 16.8 Å². The Morgan fingerprint density at radius 2 is 1.52 bits per heavy atom. The first-order chi connectivity index (χ1) is 10.1. The second kappa shape index (κ2) is 4.04. The molecular weight excluding hydrogens is 268 g/mol. The van der Waals surface area contributed by atoms with Crippen molar-refractivity contribution in [2.24, 2.45) is 29.4 Å². The van der Waals surface area contributed by atoms with E-state index in [9.17, 15) is 14.4 Å². The van der Waals surface area contributed by atoms with Crippen LogP contribution in [0.5, 0.6) is 0 Å². The third-order valence-corrected chi connectivity index (χ3v) is 4.88. The Balaban J connectivity index is 1.69. The summed E-state index contributed by atoms with van der Waals surface area (Å²) in [6, 6.07) is 6.29. The van der Waals surface area contributed by atoms with Crippen LogP contribution in [0.2, 0.25) is 0 Å². The third-order valence-electron chi connectivity index (χ3n) is 4.88. The summed E-state index contributed by atoms with van der Waals surface area (Å²) in [5.41, 5.74) is 6.07. The molecule has 2 aliphatic carbocycles. The van der Waals surface area contributed by atoms with Gasteiger partial charge in [-0.3, -0.25) is 19.3 Å². The second-order valence-electron chi connectivity index (χ2n) is 5.92. The van der Waals surface area contributed by atoms with Gasteiger partial charge in [-0.15, -0.1) is 0 Å². The maximum atomic E-state index is 12.6. The minimum atomic E-state index is -0.528. The van der Waals surface area contributed by atoms with E-state index in [2.05, 4.69) is 12.2 Å². The molecule has 21 heavy (non-hydrogen) atoms. The van der Waals surface area contributed by atoms with Crippen molar-refractivity contribution < 1.29 is 14.4 Å². The fourth-order valence-electron chi connectivity index (χ4n) is 3.93. The largest absolute Gasteiger partial charge is 0.366 e. The lowest BCUT2D eigenvalue weighted by atomic mass is 9.85. The van der Waals surface area contributed by atoms with E-state index in [1.165, 1.54) is 4.90 Å². The number of primary amides is 1. The Kier molecular flexibility index (Phi) is 2.37. The zero-order valence-electron chi connectivity index (χ0n) is 11.2. The maximum Gasteiger partial charge on any atom is 0.248 e. The molecular formula is C16H14N2O3. The highest BCUT2D eigenvalue weighted by Crippen LogP contribution is 2.53. The van der Waals surface area contributed by atoms with Crippen molar-refractivity contribution in [1.29, 1.82) is 0 Å². The SMILES string of the molecule is NC(=O)c1ccc(N2C(=O)C3C(C2=O)[C@H]2C=C[C@@H]3C2)cc1. The monoisotopic (exact) mass is 282 g/mol. The highest BCUT2D eigenvalue weighted by atomic mass is 16.2. The van der Waals surface area contributed by atoms with E-state index in [-0.39, 0.29) is 35.5 Å². The molecule has 2 bridgehead atoms. The summed E-state index contributed by atoms with van der Waals surface area (Å²) in [5.74, 6) is -0.772. The zero-order chi connectivity index (χ0) is 14.7. The van der Waals surface area contributed by atoms with Crippen molar-refractivity contribution in [3.8, 4) is 0 Å². The molecule has 2 fully saturated rings. The van der Waals surface area contributed by atoms with Gasteiger partial charge in [0, 0.05) is 5.56 Å². The fourth-order valence-corrected chi connectivity index (χ4v) is 3.93. The molecule has 2 N–H and O–H groups in total. The van der Waals surface area contributed by atoms with Gasteiger partial charge in [-0.05, 0) is 42.5 Å². The molecule has 4 atom stereocenters. The van der Waals surface area contributed by atoms with Crippen molar-refractivity contribution in [2.45, 2.75) is 6.42 Å². The Labute approximate surface area is 121 Å². The van der Waals surface area contributed by atoms with Gasteiger partial charge in [0.2, 0.25) is 17.7 Å². The minimum Gasteiger partial charge on any atom is -0.366 e. The second-order valence-corrected chi connectivity index (χ2v) is 5.92. The standard InChI is InChI=1S/C16H14N2O3/c17-14(19)8-3-5-11(6-4-8)18-15(20)12-9-1-2-10(7-9)13(12)16(18)21/h1-6,9-10,12-13H,7H2,(H2,17,19)/t9-,10+,12?,13?. The molecule has 2 unspecified atom stereocenters. The highest BCUT2D eigenvalue weighted by molar-refractivity contribution is 6.22. The topological polar surface area (TPSA) is 80.5 Å². The Hall–Kier alpha value is -2.43. The molecule has 5 heteroatoms. The zero-order valence-corrected chi connectivity index (χ0v) is 11.2. The van der Waals surface area contributed by atoms with Crippen LogP contribution in [-0.4, -0.2) is 17.7 Å². The molecule has 0 spiro atoms. The van der Waals surface area contributed by atoms with Gasteiger partial charge in [-0.2, -0.15) is 0 Å². The lowest BCUT2D eigenvalue weighted by Gasteiger charge is -2.17. The van der Waals surface area contributed by atoms with Crippen LogP contribution in [0.3, 0.4) is 0 Å². The lowest BCUT2D eigenvalue weighted by Crippen LogP contribution is -2.32. The van der Waals surface area contributed by atoms with Crippen LogP contribution in [0.25, 0.3) is 0 Å². The molecule has 1 saturated heterocycles. The van der Waals surface area contributed by atoms with Crippen LogP contribution in [0.4, 0.5) is 5.69 Å². The summed E-state index contributed by atoms with van der Waals surface area (Å²) in [4.78, 5) is 37.5. The average Bonchev–Trinajstić information content (AvgIpc) is 3.13. The third kappa shape index (κ3) is 1.54. The number of rotatable bonds is 2. The van der Waals surface area contributed by atoms with Crippen molar-refractivity contribution in [2.75, 3.05) is 4.90 Å². The predicted octanol–water partition coefficient (Wildman–Crippen LogP) is 1.10. The van der Waals surface area contributed by atoms with Crippen molar-refractivity contribution >= 4 is 23.4 Å². The number of nitrogens with zero attached hydrogens (tertiary/aromatic N) is 1. The molecule has 1 saturated carbocycles. The number of fused-ring (bicyclic) bond motifs is 5. The van der Waals surface area contributed by atoms with Gasteiger partial charge in [0.05, 0.1) is 17.5 Å². The number of carbonyl (C=O) groups is 3. The van der Waals surface area contributed by atoms with Gasteiger partial charge in [-0.1, -0.05) is 12.2 Å². The van der Waals surface area contributed by atoms with E-state index < -0.39 is 5.91 Å². The van der Waals surface area contributed by atoms with E-state index in [0.29, 0.717) is 11.3 Å². The normalized spacial score (nSPS) is 32.9. The van der Waals surface area contributed by atoms with Crippen molar-refractivity contribution in [3.63, 3.8) is 0 Å². The molecule has 3 amide bonds. The number of hydrogen-bond donors (Lipinski definition) is 1. The number of imide groups is 1. The molecule has 0 aromatic heterocycles. The summed E-state index contributed by atoms with van der Waals surface area (Å²) in [6.07, 6.45) is 5.05. The number of allylic oxidation sites excluding steroid dienone is 2. The fraction of sp³-hybridized carbons (Fsp3) is 0.312. The van der Waals surface area contributed by atoms with Gasteiger partial charge in [0.1, 0.15) is 0 Å². The van der Waals surface area contributed by atoms with Crippen LogP contribution in [0, 0.1) is 23.7 Å². The molecule has 1 aromatic rings. The van der Waals surface area contributed by atoms with E-state index in [1.807, 2.05) is 0 Å². The minimum absolute atomic E-state index is 0.117. The molecule has 5 nitrogen and oxygen atoms in total. The first kappa shape index (κ1) is 12.3. The number of amides is 3. The molecule has 3 aliphatic rings. The highest BCUT2D eigenvalue weighted by Gasteiger charge is 2.59. The molecule has 4 rings (SSSR count). The molecule has 0 radical (unpaired) electrons. The Morgan fingerprint density at radius 1 is 1.00 bits per heavy atom. The van der Waals surface area contributed by atoms with Crippen molar-refractivity contribution in [1.82, 2.24) is 0 Å². The summed E-state index contributed by atoms with van der Waals surface area (Å²) >= 11 is 0. The van der Waals surface area contributed by atoms with E-state index in [4.69, 9.17) is 5.73 Å². The van der Waals surface area contributed by atoms with Gasteiger partial charge in [-0.25, -0.2) is 0 Å². The predicted molar refractivity (Wildman–Crippen MR) is 75.2 cm³/mol. The lowest BCUT2D eigenvalue weighted by molar-refractivity contribution is -0.123. The molecule has 1 heterocycles. The number of carbonyl (C=O) groups excluding carboxylic acids is 3. The van der Waals surface area contributed by atoms with Crippen LogP contribution < -0.4 is 10.6 Å². The Bertz CT molecular complexity index is 662. The molecule has 1 aromatic carbocycles. The van der Waals surface area contributed by atoms with Crippen LogP contribution in [0.15, 0.2) is 36.4 Å². The van der Waals surface area contributed by atoms with Gasteiger partial charge < -0.3 is 5.73 Å². The number of benzene rings is 1. The first-order valence-electron chi connectivity index (χ1n) is 7.04. The van der Waals surface area contributed by atoms with Gasteiger partial charge in [0.15, 0.2) is 0 Å². The number of nitrogens with two attached hydrogens (primary N) is 1. The first-order valence-corrected chi connectivity index (χ1v) is 7.04. The van der Waals surface area contributed by atoms with Gasteiger partial charge >= 0.3 is 0 Å². The van der Waals surface area contributed by atoms with Gasteiger partial charge in [0.25, 0.3) is 0 Å². The summed E-state index contributed by atoms with van der Waals surface area (Å²) in [6.45, 7) is 0. The maximum absolute atomic E-state index is 12.6. The number of hydrogen-bond acceptors (Lipinski definition) is 3. The molecule has 1 aliphatic heterocycles. The van der Waals surface area contributed by atoms with Crippen LogP contribution >= 0.6 is 0 Å². The van der Waals surface area contributed by atoms with Crippen molar-refractivity contribution in [3.05, 3.63) is 42.0 Å². The Morgan fingerprint density at radius 3 is 2.00 bits per heavy atom. The summed E-state index contributed by atoms with van der Waals surface area (Å²) < 4.78 is 0. The number of anilines is 1. The quantitative estimate of drug-likeness (QED) is 0.651. The summed E-state index contributed by atoms with van der Waals surface area (Å²) in [7, 11) is 0. The average molecular weight is 282 g/mol. The van der Waals surface area contributed by atoms with E-state index in [1.54, 1.807) is 24.3 Å². The molecule has 106 valence electrons. The smallest absolute Gasteiger partial charge is 0.248 e.